The van der Waals surface area contributed by atoms with E-state index in [1.165, 1.54) is 16.6 Å². The molecule has 2 aromatic carbocycles. The summed E-state index contributed by atoms with van der Waals surface area (Å²) < 4.78 is 6.64. The van der Waals surface area contributed by atoms with Gasteiger partial charge in [0.15, 0.2) is 5.52 Å². The van der Waals surface area contributed by atoms with Crippen LogP contribution >= 0.6 is 0 Å². The Morgan fingerprint density at radius 1 is 0.875 bits per heavy atom. The van der Waals surface area contributed by atoms with Crippen LogP contribution in [0.1, 0.15) is 5.56 Å². The molecular weight excluding hydrogens is 296 g/mol. The Balaban J connectivity index is 2.09. The minimum atomic E-state index is 0.947. The molecular formula is C20H17N4+. The quantitative estimate of drug-likeness (QED) is 0.435. The second-order valence-corrected chi connectivity index (χ2v) is 6.18. The van der Waals surface area contributed by atoms with E-state index in [9.17, 15) is 0 Å². The van der Waals surface area contributed by atoms with Gasteiger partial charge in [0.05, 0.1) is 29.8 Å². The molecule has 0 radical (unpaired) electrons. The molecule has 116 valence electrons. The number of nitrogens with zero attached hydrogens (tertiary/aromatic N) is 4. The minimum absolute atomic E-state index is 0.947. The first-order chi connectivity index (χ1) is 11.8. The van der Waals surface area contributed by atoms with Crippen LogP contribution in [0.5, 0.6) is 0 Å². The van der Waals surface area contributed by atoms with Gasteiger partial charge in [0.2, 0.25) is 0 Å². The number of aryl methyl sites for hydroxylation is 2. The average molecular weight is 313 g/mol. The molecule has 5 rings (SSSR count). The van der Waals surface area contributed by atoms with E-state index in [0.29, 0.717) is 0 Å². The fourth-order valence-corrected chi connectivity index (χ4v) is 3.58. The number of pyridine rings is 1. The van der Waals surface area contributed by atoms with Gasteiger partial charge in [-0.15, -0.1) is 0 Å². The van der Waals surface area contributed by atoms with Crippen LogP contribution in [-0.2, 0) is 7.05 Å². The maximum Gasteiger partial charge on any atom is 0.312 e. The summed E-state index contributed by atoms with van der Waals surface area (Å²) in [5, 5.41) is 0. The lowest BCUT2D eigenvalue weighted by Crippen LogP contribution is -2.33. The third-order valence-electron chi connectivity index (χ3n) is 4.68. The zero-order valence-corrected chi connectivity index (χ0v) is 13.6. The van der Waals surface area contributed by atoms with Crippen molar-refractivity contribution in [2.24, 2.45) is 7.05 Å². The Labute approximate surface area is 139 Å². The number of hydrogen-bond acceptors (Lipinski definition) is 1. The molecule has 0 amide bonds. The number of benzene rings is 2. The summed E-state index contributed by atoms with van der Waals surface area (Å²) in [6, 6.07) is 21.0. The number of rotatable bonds is 1. The number of imidazole rings is 2. The highest BCUT2D eigenvalue weighted by atomic mass is 15.3. The molecule has 0 atom stereocenters. The molecule has 3 heterocycles. The van der Waals surface area contributed by atoms with Crippen LogP contribution in [0.25, 0.3) is 33.7 Å². The summed E-state index contributed by atoms with van der Waals surface area (Å²) in [6.07, 6.45) is 2.07. The maximum atomic E-state index is 4.92. The molecule has 0 unspecified atom stereocenters. The number of aromatic nitrogens is 4. The molecule has 0 aliphatic carbocycles. The van der Waals surface area contributed by atoms with Crippen LogP contribution in [0, 0.1) is 6.92 Å². The van der Waals surface area contributed by atoms with Gasteiger partial charge in [-0.3, -0.25) is 4.40 Å². The lowest BCUT2D eigenvalue weighted by Gasteiger charge is -2.02. The maximum absolute atomic E-state index is 4.92. The summed E-state index contributed by atoms with van der Waals surface area (Å²) in [7, 11) is 2.07. The third-order valence-corrected chi connectivity index (χ3v) is 4.68. The molecule has 4 nitrogen and oxygen atoms in total. The smallest absolute Gasteiger partial charge is 0.254 e. The predicted molar refractivity (Wildman–Crippen MR) is 95.4 cm³/mol. The Morgan fingerprint density at radius 2 is 1.67 bits per heavy atom. The van der Waals surface area contributed by atoms with Crippen molar-refractivity contribution in [1.82, 2.24) is 14.0 Å². The monoisotopic (exact) mass is 313 g/mol. The molecule has 0 spiro atoms. The molecule has 0 saturated carbocycles. The van der Waals surface area contributed by atoms with Gasteiger partial charge in [-0.2, -0.15) is 9.55 Å². The highest BCUT2D eigenvalue weighted by molar-refractivity contribution is 5.93. The van der Waals surface area contributed by atoms with Crippen molar-refractivity contribution in [3.63, 3.8) is 0 Å². The molecule has 24 heavy (non-hydrogen) atoms. The average Bonchev–Trinajstić information content (AvgIpc) is 3.11. The zero-order chi connectivity index (χ0) is 16.3. The standard InChI is InChI=1S/C20H17N4/c1-14-8-7-11-17-19(14)24(18-12-5-6-13-22(18)2)20-21-15-9-3-4-10-16(15)23(17)20/h3-13H,1-2H3/q+1. The molecule has 0 saturated heterocycles. The fraction of sp³-hybridized carbons (Fsp3) is 0.100. The van der Waals surface area contributed by atoms with Crippen LogP contribution in [-0.4, -0.2) is 14.0 Å². The van der Waals surface area contributed by atoms with E-state index in [2.05, 4.69) is 82.2 Å². The van der Waals surface area contributed by atoms with Crippen molar-refractivity contribution < 1.29 is 4.57 Å². The van der Waals surface area contributed by atoms with Crippen LogP contribution in [0.4, 0.5) is 0 Å². The lowest BCUT2D eigenvalue weighted by atomic mass is 10.2. The first kappa shape index (κ1) is 13.3. The van der Waals surface area contributed by atoms with Gasteiger partial charge in [-0.25, -0.2) is 4.57 Å². The molecule has 4 heteroatoms. The number of fused-ring (bicyclic) bond motifs is 5. The van der Waals surface area contributed by atoms with Crippen LogP contribution < -0.4 is 4.57 Å². The van der Waals surface area contributed by atoms with Gasteiger partial charge >= 0.3 is 5.78 Å². The second kappa shape index (κ2) is 4.68. The van der Waals surface area contributed by atoms with E-state index in [1.54, 1.807) is 0 Å². The SMILES string of the molecule is Cc1cccc2c1n(-c1cccc[n+]1C)c1nc3ccccc3n21. The van der Waals surface area contributed by atoms with E-state index < -0.39 is 0 Å². The highest BCUT2D eigenvalue weighted by Crippen LogP contribution is 2.29. The predicted octanol–water partition coefficient (Wildman–Crippen LogP) is 3.56. The van der Waals surface area contributed by atoms with Crippen LogP contribution in [0.15, 0.2) is 66.9 Å². The summed E-state index contributed by atoms with van der Waals surface area (Å²) in [5.41, 5.74) is 5.78. The zero-order valence-electron chi connectivity index (χ0n) is 13.6. The molecule has 0 bridgehead atoms. The summed E-state index contributed by atoms with van der Waals surface area (Å²) >= 11 is 0. The summed E-state index contributed by atoms with van der Waals surface area (Å²) in [6.45, 7) is 2.16. The van der Waals surface area contributed by atoms with Crippen molar-refractivity contribution >= 4 is 27.8 Å². The van der Waals surface area contributed by atoms with Gasteiger partial charge in [-0.05, 0) is 36.8 Å². The van der Waals surface area contributed by atoms with Crippen molar-refractivity contribution in [1.29, 1.82) is 0 Å². The van der Waals surface area contributed by atoms with Crippen molar-refractivity contribution in [2.75, 3.05) is 0 Å². The molecule has 0 fully saturated rings. The molecule has 0 aliphatic heterocycles. The van der Waals surface area contributed by atoms with E-state index in [-0.39, 0.29) is 0 Å². The van der Waals surface area contributed by atoms with E-state index in [1.807, 2.05) is 12.1 Å². The number of para-hydroxylation sites is 3. The van der Waals surface area contributed by atoms with E-state index >= 15 is 0 Å². The van der Waals surface area contributed by atoms with Crippen LogP contribution in [0.2, 0.25) is 0 Å². The first-order valence-corrected chi connectivity index (χ1v) is 8.08. The Morgan fingerprint density at radius 3 is 2.54 bits per heavy atom. The third kappa shape index (κ3) is 1.62. The molecule has 3 aromatic heterocycles. The Hall–Kier alpha value is -3.14. The van der Waals surface area contributed by atoms with Crippen LogP contribution in [0.3, 0.4) is 0 Å². The van der Waals surface area contributed by atoms with Crippen molar-refractivity contribution in [3.8, 4) is 5.82 Å². The van der Waals surface area contributed by atoms with Crippen molar-refractivity contribution in [3.05, 3.63) is 72.4 Å². The molecule has 0 aliphatic rings. The second-order valence-electron chi connectivity index (χ2n) is 6.18. The van der Waals surface area contributed by atoms with E-state index in [4.69, 9.17) is 4.98 Å². The van der Waals surface area contributed by atoms with Gasteiger partial charge in [0.1, 0.15) is 0 Å². The highest BCUT2D eigenvalue weighted by Gasteiger charge is 2.25. The summed E-state index contributed by atoms with van der Waals surface area (Å²) in [5.74, 6) is 2.05. The molecule has 0 N–H and O–H groups in total. The topological polar surface area (TPSA) is 26.1 Å². The van der Waals surface area contributed by atoms with Gasteiger partial charge in [-0.1, -0.05) is 30.3 Å². The molecule has 5 aromatic rings. The first-order valence-electron chi connectivity index (χ1n) is 8.08. The Bertz CT molecular complexity index is 1230. The fourth-order valence-electron chi connectivity index (χ4n) is 3.58. The number of hydrogen-bond donors (Lipinski definition) is 0. The normalized spacial score (nSPS) is 11.8. The van der Waals surface area contributed by atoms with E-state index in [0.717, 1.165) is 22.6 Å². The lowest BCUT2D eigenvalue weighted by molar-refractivity contribution is -0.665. The van der Waals surface area contributed by atoms with Gasteiger partial charge in [0.25, 0.3) is 5.82 Å². The van der Waals surface area contributed by atoms with Gasteiger partial charge in [0, 0.05) is 6.07 Å². The van der Waals surface area contributed by atoms with Crippen molar-refractivity contribution in [2.45, 2.75) is 6.92 Å². The minimum Gasteiger partial charge on any atom is -0.254 e. The largest absolute Gasteiger partial charge is 0.312 e. The van der Waals surface area contributed by atoms with Gasteiger partial charge < -0.3 is 0 Å². The summed E-state index contributed by atoms with van der Waals surface area (Å²) in [4.78, 5) is 4.92. The Kier molecular flexibility index (Phi) is 2.59.